The second-order valence-electron chi connectivity index (χ2n) is 6.10. The summed E-state index contributed by atoms with van der Waals surface area (Å²) in [4.78, 5) is 0. The molecule has 0 amide bonds. The van der Waals surface area contributed by atoms with Crippen molar-refractivity contribution in [3.63, 3.8) is 0 Å². The summed E-state index contributed by atoms with van der Waals surface area (Å²) < 4.78 is 36.9. The first kappa shape index (κ1) is 14.8. The van der Waals surface area contributed by atoms with Crippen LogP contribution < -0.4 is 11.1 Å². The molecule has 17 heavy (non-hydrogen) atoms. The highest BCUT2D eigenvalue weighted by Crippen LogP contribution is 2.43. The molecule has 0 radical (unpaired) electrons. The maximum Gasteiger partial charge on any atom is 0.401 e. The average molecular weight is 252 g/mol. The molecule has 1 saturated carbocycles. The van der Waals surface area contributed by atoms with Gasteiger partial charge in [-0.05, 0) is 30.6 Å². The van der Waals surface area contributed by atoms with Crippen LogP contribution in [0.3, 0.4) is 0 Å². The zero-order valence-electron chi connectivity index (χ0n) is 10.8. The number of hydrogen-bond donors (Lipinski definition) is 2. The highest BCUT2D eigenvalue weighted by molar-refractivity contribution is 5.00. The quantitative estimate of drug-likeness (QED) is 0.810. The summed E-state index contributed by atoms with van der Waals surface area (Å²) in [6.07, 6.45) is -1.63. The maximum atomic E-state index is 12.3. The predicted octanol–water partition coefficient (Wildman–Crippen LogP) is 2.68. The molecule has 3 N–H and O–H groups in total. The summed E-state index contributed by atoms with van der Waals surface area (Å²) in [5, 5.41) is 2.66. The molecule has 1 rings (SSSR count). The molecule has 102 valence electrons. The summed E-state index contributed by atoms with van der Waals surface area (Å²) in [7, 11) is 0. The number of nitrogens with one attached hydrogen (secondary N) is 1. The van der Waals surface area contributed by atoms with Gasteiger partial charge in [-0.1, -0.05) is 20.8 Å². The largest absolute Gasteiger partial charge is 0.401 e. The fourth-order valence-electron chi connectivity index (χ4n) is 2.85. The second kappa shape index (κ2) is 4.76. The van der Waals surface area contributed by atoms with Gasteiger partial charge in [-0.2, -0.15) is 13.2 Å². The lowest BCUT2D eigenvalue weighted by molar-refractivity contribution is -0.131. The van der Waals surface area contributed by atoms with Gasteiger partial charge in [0.1, 0.15) is 0 Å². The van der Waals surface area contributed by atoms with E-state index in [2.05, 4.69) is 19.2 Å². The lowest BCUT2D eigenvalue weighted by Gasteiger charge is -2.48. The fraction of sp³-hybridized carbons (Fsp3) is 1.00. The van der Waals surface area contributed by atoms with Crippen molar-refractivity contribution >= 4 is 0 Å². The molecule has 0 aromatic heterocycles. The van der Waals surface area contributed by atoms with Gasteiger partial charge in [0, 0.05) is 12.1 Å². The third kappa shape index (κ3) is 3.85. The van der Waals surface area contributed by atoms with E-state index in [9.17, 15) is 13.2 Å². The highest BCUT2D eigenvalue weighted by atomic mass is 19.4. The van der Waals surface area contributed by atoms with Crippen molar-refractivity contribution in [1.82, 2.24) is 5.32 Å². The predicted molar refractivity (Wildman–Crippen MR) is 62.6 cm³/mol. The van der Waals surface area contributed by atoms with Crippen LogP contribution >= 0.6 is 0 Å². The molecular formula is C12H23F3N2. The summed E-state index contributed by atoms with van der Waals surface area (Å²) >= 11 is 0. The van der Waals surface area contributed by atoms with Crippen LogP contribution in [0.5, 0.6) is 0 Å². The third-order valence-electron chi connectivity index (χ3n) is 4.06. The zero-order chi connectivity index (χ0) is 13.3. The minimum atomic E-state index is -4.17. The fourth-order valence-corrected chi connectivity index (χ4v) is 2.85. The third-order valence-corrected chi connectivity index (χ3v) is 4.06. The van der Waals surface area contributed by atoms with E-state index < -0.39 is 18.3 Å². The molecule has 1 aliphatic carbocycles. The molecule has 0 aromatic rings. The SMILES string of the molecule is CC1CC(C)(C)CCC1(CN)NCC(F)(F)F. The molecule has 5 heteroatoms. The van der Waals surface area contributed by atoms with Crippen LogP contribution in [0.4, 0.5) is 13.2 Å². The van der Waals surface area contributed by atoms with Crippen molar-refractivity contribution in [2.75, 3.05) is 13.1 Å². The summed E-state index contributed by atoms with van der Waals surface area (Å²) in [6.45, 7) is 5.63. The standard InChI is InChI=1S/C12H23F3N2/c1-9-6-10(2,3)4-5-11(9,7-16)17-8-12(13,14)15/h9,17H,4-8,16H2,1-3H3. The van der Waals surface area contributed by atoms with Crippen LogP contribution in [0.25, 0.3) is 0 Å². The van der Waals surface area contributed by atoms with E-state index in [4.69, 9.17) is 5.73 Å². The Balaban J connectivity index is 2.69. The lowest BCUT2D eigenvalue weighted by Crippen LogP contribution is -2.60. The molecule has 0 saturated heterocycles. The number of hydrogen-bond acceptors (Lipinski definition) is 2. The van der Waals surface area contributed by atoms with Crippen molar-refractivity contribution in [2.24, 2.45) is 17.1 Å². The molecular weight excluding hydrogens is 229 g/mol. The van der Waals surface area contributed by atoms with Gasteiger partial charge in [-0.3, -0.25) is 0 Å². The van der Waals surface area contributed by atoms with Gasteiger partial charge in [0.25, 0.3) is 0 Å². The molecule has 1 aliphatic rings. The Hall–Kier alpha value is -0.290. The van der Waals surface area contributed by atoms with E-state index >= 15 is 0 Å². The van der Waals surface area contributed by atoms with Gasteiger partial charge in [0.05, 0.1) is 6.54 Å². The minimum Gasteiger partial charge on any atom is -0.329 e. The van der Waals surface area contributed by atoms with E-state index in [1.54, 1.807) is 0 Å². The first-order chi connectivity index (χ1) is 7.60. The van der Waals surface area contributed by atoms with Crippen molar-refractivity contribution < 1.29 is 13.2 Å². The van der Waals surface area contributed by atoms with Crippen LogP contribution in [-0.4, -0.2) is 24.8 Å². The normalized spacial score (nSPS) is 33.7. The molecule has 0 aliphatic heterocycles. The van der Waals surface area contributed by atoms with Gasteiger partial charge >= 0.3 is 6.18 Å². The Kier molecular flexibility index (Phi) is 4.14. The zero-order valence-corrected chi connectivity index (χ0v) is 10.8. The first-order valence-electron chi connectivity index (χ1n) is 6.12. The second-order valence-corrected chi connectivity index (χ2v) is 6.10. The van der Waals surface area contributed by atoms with Crippen molar-refractivity contribution in [2.45, 2.75) is 51.7 Å². The van der Waals surface area contributed by atoms with Gasteiger partial charge in [-0.25, -0.2) is 0 Å². The van der Waals surface area contributed by atoms with Gasteiger partial charge in [-0.15, -0.1) is 0 Å². The van der Waals surface area contributed by atoms with Gasteiger partial charge < -0.3 is 11.1 Å². The molecule has 0 aromatic carbocycles. The van der Waals surface area contributed by atoms with Crippen LogP contribution in [0.2, 0.25) is 0 Å². The molecule has 2 nitrogen and oxygen atoms in total. The van der Waals surface area contributed by atoms with Crippen molar-refractivity contribution in [1.29, 1.82) is 0 Å². The van der Waals surface area contributed by atoms with E-state index in [-0.39, 0.29) is 17.9 Å². The highest BCUT2D eigenvalue weighted by Gasteiger charge is 2.44. The van der Waals surface area contributed by atoms with Crippen LogP contribution in [0, 0.1) is 11.3 Å². The summed E-state index contributed by atoms with van der Waals surface area (Å²) in [6, 6.07) is 0. The van der Waals surface area contributed by atoms with Crippen LogP contribution in [0.1, 0.15) is 40.0 Å². The molecule has 2 unspecified atom stereocenters. The Labute approximate surface area is 101 Å². The number of alkyl halides is 3. The van der Waals surface area contributed by atoms with Gasteiger partial charge in [0.15, 0.2) is 0 Å². The van der Waals surface area contributed by atoms with Gasteiger partial charge in [0.2, 0.25) is 0 Å². The topological polar surface area (TPSA) is 38.0 Å². The Morgan fingerprint density at radius 2 is 1.88 bits per heavy atom. The number of halogens is 3. The lowest BCUT2D eigenvalue weighted by atomic mass is 9.64. The van der Waals surface area contributed by atoms with E-state index in [0.29, 0.717) is 6.42 Å². The molecule has 0 bridgehead atoms. The number of rotatable bonds is 3. The van der Waals surface area contributed by atoms with E-state index in [0.717, 1.165) is 12.8 Å². The minimum absolute atomic E-state index is 0.165. The number of nitrogens with two attached hydrogens (primary N) is 1. The summed E-state index contributed by atoms with van der Waals surface area (Å²) in [5.41, 5.74) is 5.37. The van der Waals surface area contributed by atoms with Crippen molar-refractivity contribution in [3.8, 4) is 0 Å². The molecule has 1 fully saturated rings. The van der Waals surface area contributed by atoms with Crippen LogP contribution in [-0.2, 0) is 0 Å². The molecule has 2 atom stereocenters. The first-order valence-corrected chi connectivity index (χ1v) is 6.12. The molecule has 0 heterocycles. The Morgan fingerprint density at radius 1 is 1.29 bits per heavy atom. The Morgan fingerprint density at radius 3 is 2.29 bits per heavy atom. The monoisotopic (exact) mass is 252 g/mol. The van der Waals surface area contributed by atoms with E-state index in [1.165, 1.54) is 0 Å². The van der Waals surface area contributed by atoms with Crippen molar-refractivity contribution in [3.05, 3.63) is 0 Å². The average Bonchev–Trinajstić information content (AvgIpc) is 2.15. The summed E-state index contributed by atoms with van der Waals surface area (Å²) in [5.74, 6) is 0.165. The van der Waals surface area contributed by atoms with E-state index in [1.807, 2.05) is 6.92 Å². The molecule has 0 spiro atoms. The van der Waals surface area contributed by atoms with Crippen LogP contribution in [0.15, 0.2) is 0 Å². The smallest absolute Gasteiger partial charge is 0.329 e. The Bertz CT molecular complexity index is 263. The maximum absolute atomic E-state index is 12.3.